The second-order valence-electron chi connectivity index (χ2n) is 4.31. The van der Waals surface area contributed by atoms with Crippen LogP contribution in [0.2, 0.25) is 0 Å². The van der Waals surface area contributed by atoms with Gasteiger partial charge in [-0.25, -0.2) is 0 Å². The van der Waals surface area contributed by atoms with Gasteiger partial charge in [0.25, 0.3) is 5.91 Å². The maximum Gasteiger partial charge on any atom is 0.252 e. The van der Waals surface area contributed by atoms with Gasteiger partial charge in [0.2, 0.25) is 0 Å². The second kappa shape index (κ2) is 5.99. The van der Waals surface area contributed by atoms with E-state index in [1.165, 1.54) is 18.5 Å². The van der Waals surface area contributed by atoms with Crippen LogP contribution in [0.5, 0.6) is 5.75 Å². The molecule has 0 atom stereocenters. The number of nitrogens with zero attached hydrogens (tertiary/aromatic N) is 2. The van der Waals surface area contributed by atoms with Gasteiger partial charge >= 0.3 is 0 Å². The zero-order valence-electron chi connectivity index (χ0n) is 10.7. The van der Waals surface area contributed by atoms with Gasteiger partial charge < -0.3 is 10.4 Å². The number of aromatic hydroxyl groups is 1. The van der Waals surface area contributed by atoms with Gasteiger partial charge in [0.15, 0.2) is 0 Å². The molecule has 1 amide bonds. The molecule has 2 rings (SSSR count). The number of aryl methyl sites for hydroxylation is 2. The van der Waals surface area contributed by atoms with E-state index in [0.717, 1.165) is 24.1 Å². The lowest BCUT2D eigenvalue weighted by molar-refractivity contribution is 0.0952. The van der Waals surface area contributed by atoms with Gasteiger partial charge in [-0.3, -0.25) is 14.9 Å². The van der Waals surface area contributed by atoms with Crippen LogP contribution in [-0.4, -0.2) is 32.7 Å². The first-order valence-corrected chi connectivity index (χ1v) is 6.08. The molecule has 0 aromatic carbocycles. The maximum atomic E-state index is 11.7. The number of hydrogen-bond acceptors (Lipinski definition) is 4. The normalized spacial score (nSPS) is 10.4. The van der Waals surface area contributed by atoms with E-state index in [1.54, 1.807) is 6.20 Å². The second-order valence-corrected chi connectivity index (χ2v) is 4.31. The number of carbonyl (C=O) groups is 1. The van der Waals surface area contributed by atoms with Gasteiger partial charge in [-0.1, -0.05) is 0 Å². The highest BCUT2D eigenvalue weighted by molar-refractivity contribution is 5.94. The molecule has 0 spiro atoms. The van der Waals surface area contributed by atoms with E-state index in [4.69, 9.17) is 0 Å². The van der Waals surface area contributed by atoms with E-state index in [9.17, 15) is 9.90 Å². The summed E-state index contributed by atoms with van der Waals surface area (Å²) in [5, 5.41) is 18.8. The van der Waals surface area contributed by atoms with Crippen molar-refractivity contribution in [3.8, 4) is 5.75 Å². The number of aromatic amines is 1. The fourth-order valence-electron chi connectivity index (χ4n) is 1.76. The average Bonchev–Trinajstić information content (AvgIpc) is 2.80. The number of amides is 1. The van der Waals surface area contributed by atoms with Crippen molar-refractivity contribution < 1.29 is 9.90 Å². The lowest BCUT2D eigenvalue weighted by atomic mass is 10.1. The Morgan fingerprint density at radius 1 is 1.42 bits per heavy atom. The maximum absolute atomic E-state index is 11.7. The van der Waals surface area contributed by atoms with Gasteiger partial charge in [0, 0.05) is 18.4 Å². The molecule has 6 nitrogen and oxygen atoms in total. The largest absolute Gasteiger partial charge is 0.506 e. The first kappa shape index (κ1) is 13.1. The molecule has 2 aromatic rings. The van der Waals surface area contributed by atoms with Gasteiger partial charge in [-0.2, -0.15) is 5.10 Å². The zero-order chi connectivity index (χ0) is 13.7. The minimum atomic E-state index is -0.229. The third-order valence-corrected chi connectivity index (χ3v) is 2.83. The summed E-state index contributed by atoms with van der Waals surface area (Å²) in [5.41, 5.74) is 2.58. The minimum absolute atomic E-state index is 0.0123. The zero-order valence-corrected chi connectivity index (χ0v) is 10.7. The first-order valence-electron chi connectivity index (χ1n) is 6.08. The van der Waals surface area contributed by atoms with Crippen molar-refractivity contribution in [2.75, 3.05) is 6.54 Å². The van der Waals surface area contributed by atoms with Gasteiger partial charge in [-0.05, 0) is 31.4 Å². The van der Waals surface area contributed by atoms with Crippen molar-refractivity contribution in [3.63, 3.8) is 0 Å². The molecule has 3 N–H and O–H groups in total. The van der Waals surface area contributed by atoms with Crippen LogP contribution in [0.1, 0.15) is 28.0 Å². The smallest absolute Gasteiger partial charge is 0.252 e. The van der Waals surface area contributed by atoms with Crippen molar-refractivity contribution >= 4 is 5.91 Å². The Kier molecular flexibility index (Phi) is 4.12. The highest BCUT2D eigenvalue weighted by atomic mass is 16.3. The number of rotatable bonds is 5. The van der Waals surface area contributed by atoms with E-state index < -0.39 is 0 Å². The van der Waals surface area contributed by atoms with Gasteiger partial charge in [-0.15, -0.1) is 0 Å². The molecule has 0 radical (unpaired) electrons. The molecule has 0 saturated heterocycles. The predicted octanol–water partition coefficient (Wildman–Crippen LogP) is 1.18. The monoisotopic (exact) mass is 260 g/mol. The topological polar surface area (TPSA) is 90.9 Å². The minimum Gasteiger partial charge on any atom is -0.506 e. The Morgan fingerprint density at radius 2 is 2.26 bits per heavy atom. The molecule has 19 heavy (non-hydrogen) atoms. The molecular formula is C13H16N4O2. The van der Waals surface area contributed by atoms with E-state index in [0.29, 0.717) is 12.1 Å². The van der Waals surface area contributed by atoms with E-state index >= 15 is 0 Å². The Balaban J connectivity index is 1.77. The Hall–Kier alpha value is -2.37. The molecule has 0 saturated carbocycles. The average molecular weight is 260 g/mol. The molecule has 0 fully saturated rings. The summed E-state index contributed by atoms with van der Waals surface area (Å²) >= 11 is 0. The molecule has 100 valence electrons. The van der Waals surface area contributed by atoms with Crippen LogP contribution in [0, 0.1) is 6.92 Å². The van der Waals surface area contributed by atoms with Crippen LogP contribution in [0.3, 0.4) is 0 Å². The summed E-state index contributed by atoms with van der Waals surface area (Å²) in [5.74, 6) is -0.242. The molecule has 0 aliphatic heterocycles. The number of nitrogens with one attached hydrogen (secondary N) is 2. The van der Waals surface area contributed by atoms with Crippen molar-refractivity contribution in [2.45, 2.75) is 19.8 Å². The quantitative estimate of drug-likeness (QED) is 0.704. The molecule has 0 aliphatic rings. The lowest BCUT2D eigenvalue weighted by Crippen LogP contribution is -2.24. The molecule has 0 unspecified atom stereocenters. The van der Waals surface area contributed by atoms with Crippen LogP contribution in [0.15, 0.2) is 24.7 Å². The number of pyridine rings is 1. The number of aromatic nitrogens is 3. The first-order chi connectivity index (χ1) is 9.16. The fraction of sp³-hybridized carbons (Fsp3) is 0.308. The van der Waals surface area contributed by atoms with Crippen LogP contribution < -0.4 is 5.32 Å². The summed E-state index contributed by atoms with van der Waals surface area (Å²) in [6.45, 7) is 2.54. The van der Waals surface area contributed by atoms with Crippen molar-refractivity contribution in [1.29, 1.82) is 0 Å². The van der Waals surface area contributed by atoms with Crippen molar-refractivity contribution in [3.05, 3.63) is 41.5 Å². The molecular weight excluding hydrogens is 244 g/mol. The fourth-order valence-corrected chi connectivity index (χ4v) is 1.76. The van der Waals surface area contributed by atoms with Crippen LogP contribution in [0.4, 0.5) is 0 Å². The molecule has 2 heterocycles. The molecule has 0 aliphatic carbocycles. The standard InChI is InChI=1S/C13H16N4O2/c1-9-10(7-16-17-9)3-2-4-15-13(19)11-5-12(18)8-14-6-11/h5-8,18H,2-4H2,1H3,(H,15,19)(H,16,17). The Labute approximate surface area is 110 Å². The summed E-state index contributed by atoms with van der Waals surface area (Å²) in [4.78, 5) is 15.5. The Bertz CT molecular complexity index is 565. The summed E-state index contributed by atoms with van der Waals surface area (Å²) in [6, 6.07) is 1.39. The van der Waals surface area contributed by atoms with E-state index in [1.807, 2.05) is 6.92 Å². The van der Waals surface area contributed by atoms with Crippen LogP contribution in [-0.2, 0) is 6.42 Å². The van der Waals surface area contributed by atoms with Crippen molar-refractivity contribution in [1.82, 2.24) is 20.5 Å². The highest BCUT2D eigenvalue weighted by Gasteiger charge is 2.06. The highest BCUT2D eigenvalue weighted by Crippen LogP contribution is 2.08. The van der Waals surface area contributed by atoms with Crippen LogP contribution in [0.25, 0.3) is 0 Å². The lowest BCUT2D eigenvalue weighted by Gasteiger charge is -2.05. The van der Waals surface area contributed by atoms with Crippen LogP contribution >= 0.6 is 0 Å². The summed E-state index contributed by atoms with van der Waals surface area (Å²) in [7, 11) is 0. The molecule has 2 aromatic heterocycles. The molecule has 0 bridgehead atoms. The summed E-state index contributed by atoms with van der Waals surface area (Å²) in [6.07, 6.45) is 6.21. The van der Waals surface area contributed by atoms with E-state index in [-0.39, 0.29) is 11.7 Å². The number of H-pyrrole nitrogens is 1. The third kappa shape index (κ3) is 3.54. The number of hydrogen-bond donors (Lipinski definition) is 3. The predicted molar refractivity (Wildman–Crippen MR) is 69.9 cm³/mol. The third-order valence-electron chi connectivity index (χ3n) is 2.83. The molecule has 6 heteroatoms. The van der Waals surface area contributed by atoms with E-state index in [2.05, 4.69) is 20.5 Å². The Morgan fingerprint density at radius 3 is 2.95 bits per heavy atom. The van der Waals surface area contributed by atoms with Gasteiger partial charge in [0.1, 0.15) is 5.75 Å². The summed E-state index contributed by atoms with van der Waals surface area (Å²) < 4.78 is 0. The van der Waals surface area contributed by atoms with Gasteiger partial charge in [0.05, 0.1) is 18.0 Å². The number of carbonyl (C=O) groups excluding carboxylic acids is 1. The SMILES string of the molecule is Cc1[nH]ncc1CCCNC(=O)c1cncc(O)c1. The van der Waals surface area contributed by atoms with Crippen molar-refractivity contribution in [2.24, 2.45) is 0 Å².